The summed E-state index contributed by atoms with van der Waals surface area (Å²) in [6.07, 6.45) is 1.66. The molecular formula is C19H14N4O5S. The van der Waals surface area contributed by atoms with E-state index in [1.807, 2.05) is 0 Å². The molecule has 29 heavy (non-hydrogen) atoms. The van der Waals surface area contributed by atoms with E-state index in [-0.39, 0.29) is 11.2 Å². The summed E-state index contributed by atoms with van der Waals surface area (Å²) in [5, 5.41) is 15.1. The summed E-state index contributed by atoms with van der Waals surface area (Å²) in [4.78, 5) is 27.8. The molecule has 0 amide bonds. The normalized spacial score (nSPS) is 11.7. The van der Waals surface area contributed by atoms with Crippen molar-refractivity contribution in [1.29, 1.82) is 0 Å². The van der Waals surface area contributed by atoms with Gasteiger partial charge in [0.05, 0.1) is 23.7 Å². The molecule has 0 aliphatic heterocycles. The molecule has 2 aromatic carbocycles. The van der Waals surface area contributed by atoms with E-state index < -0.39 is 4.92 Å². The molecule has 9 nitrogen and oxygen atoms in total. The Morgan fingerprint density at radius 1 is 1.10 bits per heavy atom. The Morgan fingerprint density at radius 3 is 2.45 bits per heavy atom. The van der Waals surface area contributed by atoms with Gasteiger partial charge in [-0.15, -0.1) is 5.10 Å². The van der Waals surface area contributed by atoms with Crippen LogP contribution in [0.5, 0.6) is 11.5 Å². The van der Waals surface area contributed by atoms with Crippen molar-refractivity contribution in [1.82, 2.24) is 14.6 Å². The molecule has 146 valence electrons. The Morgan fingerprint density at radius 2 is 1.83 bits per heavy atom. The van der Waals surface area contributed by atoms with Gasteiger partial charge in [0, 0.05) is 17.7 Å². The Kier molecular flexibility index (Phi) is 4.69. The van der Waals surface area contributed by atoms with Crippen LogP contribution in [0.25, 0.3) is 22.4 Å². The molecular weight excluding hydrogens is 396 g/mol. The number of hydrogen-bond donors (Lipinski definition) is 0. The summed E-state index contributed by atoms with van der Waals surface area (Å²) >= 11 is 1.19. The fourth-order valence-corrected chi connectivity index (χ4v) is 3.68. The predicted molar refractivity (Wildman–Crippen MR) is 108 cm³/mol. The lowest BCUT2D eigenvalue weighted by Crippen LogP contribution is -2.23. The molecule has 0 saturated heterocycles. The van der Waals surface area contributed by atoms with Crippen LogP contribution < -0.4 is 19.6 Å². The van der Waals surface area contributed by atoms with Crippen molar-refractivity contribution in [2.45, 2.75) is 0 Å². The minimum atomic E-state index is -0.471. The fourth-order valence-electron chi connectivity index (χ4n) is 2.77. The van der Waals surface area contributed by atoms with E-state index in [2.05, 4.69) is 10.1 Å². The van der Waals surface area contributed by atoms with Crippen molar-refractivity contribution in [3.63, 3.8) is 0 Å². The number of methoxy groups -OCH3 is 2. The van der Waals surface area contributed by atoms with Crippen molar-refractivity contribution in [3.8, 4) is 22.9 Å². The summed E-state index contributed by atoms with van der Waals surface area (Å²) in [5.74, 6) is 1.52. The third kappa shape index (κ3) is 3.41. The maximum absolute atomic E-state index is 12.7. The third-order valence-corrected chi connectivity index (χ3v) is 5.18. The minimum absolute atomic E-state index is 0.00768. The number of thiazole rings is 1. The largest absolute Gasteiger partial charge is 0.493 e. The van der Waals surface area contributed by atoms with Crippen LogP contribution in [0.2, 0.25) is 0 Å². The van der Waals surface area contributed by atoms with E-state index in [1.165, 1.54) is 35.1 Å². The van der Waals surface area contributed by atoms with Gasteiger partial charge < -0.3 is 9.47 Å². The Bertz CT molecular complexity index is 1330. The van der Waals surface area contributed by atoms with E-state index in [4.69, 9.17) is 9.47 Å². The first-order valence-corrected chi connectivity index (χ1v) is 9.20. The van der Waals surface area contributed by atoms with E-state index in [9.17, 15) is 14.9 Å². The average molecular weight is 410 g/mol. The number of nitro groups is 1. The van der Waals surface area contributed by atoms with E-state index in [1.54, 1.807) is 43.5 Å². The minimum Gasteiger partial charge on any atom is -0.493 e. The molecule has 0 N–H and O–H groups in total. The highest BCUT2D eigenvalue weighted by molar-refractivity contribution is 7.15. The SMILES string of the molecule is COc1ccc(-c2nc3s/c(=C/c4ccc([N+](=O)[O-])cc4)c(=O)n3n2)cc1OC. The van der Waals surface area contributed by atoms with Gasteiger partial charge >= 0.3 is 0 Å². The summed E-state index contributed by atoms with van der Waals surface area (Å²) in [6.45, 7) is 0. The number of benzene rings is 2. The number of hydrogen-bond acceptors (Lipinski definition) is 8. The molecule has 0 radical (unpaired) electrons. The molecule has 10 heteroatoms. The zero-order valence-corrected chi connectivity index (χ0v) is 16.2. The zero-order chi connectivity index (χ0) is 20.5. The third-order valence-electron chi connectivity index (χ3n) is 4.23. The molecule has 4 rings (SSSR count). The quantitative estimate of drug-likeness (QED) is 0.367. The van der Waals surface area contributed by atoms with Gasteiger partial charge in [0.2, 0.25) is 4.96 Å². The molecule has 0 aliphatic rings. The standard InChI is InChI=1S/C19H14N4O5S/c1-27-14-8-5-12(10-15(14)28-2)17-20-19-22(21-17)18(24)16(29-19)9-11-3-6-13(7-4-11)23(25)26/h3-10H,1-2H3/b16-9+. The van der Waals surface area contributed by atoms with Gasteiger partial charge in [-0.2, -0.15) is 9.50 Å². The molecule has 2 heterocycles. The monoisotopic (exact) mass is 410 g/mol. The van der Waals surface area contributed by atoms with Crippen LogP contribution in [0.4, 0.5) is 5.69 Å². The summed E-state index contributed by atoms with van der Waals surface area (Å²) < 4.78 is 12.2. The van der Waals surface area contributed by atoms with Crippen LogP contribution in [0.15, 0.2) is 47.3 Å². The summed E-state index contributed by atoms with van der Waals surface area (Å²) in [6, 6.07) is 11.2. The van der Waals surface area contributed by atoms with E-state index in [0.717, 1.165) is 0 Å². The van der Waals surface area contributed by atoms with Crippen molar-refractivity contribution in [2.24, 2.45) is 0 Å². The fraction of sp³-hybridized carbons (Fsp3) is 0.105. The number of ether oxygens (including phenoxy) is 2. The zero-order valence-electron chi connectivity index (χ0n) is 15.4. The van der Waals surface area contributed by atoms with E-state index >= 15 is 0 Å². The lowest BCUT2D eigenvalue weighted by atomic mass is 10.2. The Labute approximate surface area is 167 Å². The average Bonchev–Trinajstić information content (AvgIpc) is 3.27. The van der Waals surface area contributed by atoms with Crippen LogP contribution in [-0.4, -0.2) is 33.7 Å². The maximum atomic E-state index is 12.7. The van der Waals surface area contributed by atoms with Gasteiger partial charge in [0.15, 0.2) is 17.3 Å². The van der Waals surface area contributed by atoms with Crippen molar-refractivity contribution < 1.29 is 14.4 Å². The number of non-ortho nitro benzene ring substituents is 1. The van der Waals surface area contributed by atoms with Gasteiger partial charge in [-0.25, -0.2) is 0 Å². The second-order valence-corrected chi connectivity index (χ2v) is 6.97. The number of fused-ring (bicyclic) bond motifs is 1. The molecule has 4 aromatic rings. The number of rotatable bonds is 5. The molecule has 0 atom stereocenters. The highest BCUT2D eigenvalue weighted by atomic mass is 32.1. The smallest absolute Gasteiger partial charge is 0.291 e. The molecule has 0 fully saturated rings. The van der Waals surface area contributed by atoms with E-state index in [0.29, 0.717) is 37.9 Å². The number of nitro benzene ring substituents is 1. The highest BCUT2D eigenvalue weighted by Crippen LogP contribution is 2.31. The molecule has 0 aliphatic carbocycles. The summed E-state index contributed by atoms with van der Waals surface area (Å²) in [7, 11) is 3.09. The maximum Gasteiger partial charge on any atom is 0.291 e. The van der Waals surface area contributed by atoms with Gasteiger partial charge in [-0.3, -0.25) is 14.9 Å². The second-order valence-electron chi connectivity index (χ2n) is 5.96. The predicted octanol–water partition coefficient (Wildman–Crippen LogP) is 2.29. The first-order valence-electron chi connectivity index (χ1n) is 8.38. The van der Waals surface area contributed by atoms with Gasteiger partial charge in [0.25, 0.3) is 11.2 Å². The van der Waals surface area contributed by atoms with Crippen LogP contribution in [0.1, 0.15) is 5.56 Å². The topological polar surface area (TPSA) is 109 Å². The first-order chi connectivity index (χ1) is 14.0. The molecule has 0 unspecified atom stereocenters. The van der Waals surface area contributed by atoms with Crippen LogP contribution in [0.3, 0.4) is 0 Å². The lowest BCUT2D eigenvalue weighted by molar-refractivity contribution is -0.384. The summed E-state index contributed by atoms with van der Waals surface area (Å²) in [5.41, 5.74) is 1.06. The molecule has 0 bridgehead atoms. The van der Waals surface area contributed by atoms with Crippen molar-refractivity contribution >= 4 is 28.1 Å². The number of aromatic nitrogens is 3. The molecule has 0 saturated carbocycles. The van der Waals surface area contributed by atoms with Gasteiger partial charge in [0.1, 0.15) is 0 Å². The van der Waals surface area contributed by atoms with Crippen molar-refractivity contribution in [2.75, 3.05) is 14.2 Å². The van der Waals surface area contributed by atoms with Crippen LogP contribution in [0, 0.1) is 10.1 Å². The molecule has 2 aromatic heterocycles. The Hall–Kier alpha value is -3.79. The second kappa shape index (κ2) is 7.32. The van der Waals surface area contributed by atoms with Crippen LogP contribution in [-0.2, 0) is 0 Å². The number of nitrogens with zero attached hydrogens (tertiary/aromatic N) is 4. The van der Waals surface area contributed by atoms with Crippen LogP contribution >= 0.6 is 11.3 Å². The first kappa shape index (κ1) is 18.6. The highest BCUT2D eigenvalue weighted by Gasteiger charge is 2.14. The Balaban J connectivity index is 1.73. The molecule has 0 spiro atoms. The van der Waals surface area contributed by atoms with Gasteiger partial charge in [-0.1, -0.05) is 11.3 Å². The lowest BCUT2D eigenvalue weighted by Gasteiger charge is -2.07. The van der Waals surface area contributed by atoms with Gasteiger partial charge in [-0.05, 0) is 42.0 Å². The van der Waals surface area contributed by atoms with Crippen molar-refractivity contribution in [3.05, 3.63) is 73.0 Å².